The van der Waals surface area contributed by atoms with Crippen molar-refractivity contribution in [3.63, 3.8) is 0 Å². The second kappa shape index (κ2) is 5.52. The van der Waals surface area contributed by atoms with Crippen molar-refractivity contribution in [1.82, 2.24) is 5.32 Å². The number of hydrogen-bond acceptors (Lipinski definition) is 2. The highest BCUT2D eigenvalue weighted by Crippen LogP contribution is 2.26. The van der Waals surface area contributed by atoms with Gasteiger partial charge in [-0.05, 0) is 30.2 Å². The third kappa shape index (κ3) is 2.72. The lowest BCUT2D eigenvalue weighted by atomic mass is 10.1. The van der Waals surface area contributed by atoms with Gasteiger partial charge in [-0.15, -0.1) is 0 Å². The molecule has 1 aromatic rings. The number of carbonyl (C=O) groups excluding carboxylic acids is 2. The minimum Gasteiger partial charge on any atom is -0.347 e. The molecule has 2 rings (SSSR count). The number of carbonyl (C=O) groups is 2. The van der Waals surface area contributed by atoms with Crippen LogP contribution in [0.3, 0.4) is 0 Å². The van der Waals surface area contributed by atoms with Gasteiger partial charge < -0.3 is 10.2 Å². The SMILES string of the molecule is CCc1cc(Br)ccc1N1CCC(=O)NCC1=O. The van der Waals surface area contributed by atoms with E-state index in [1.54, 1.807) is 4.90 Å². The highest BCUT2D eigenvalue weighted by Gasteiger charge is 2.22. The second-order valence-electron chi connectivity index (χ2n) is 4.20. The van der Waals surface area contributed by atoms with Crippen LogP contribution in [-0.4, -0.2) is 24.9 Å². The standard InChI is InChI=1S/C13H15BrN2O2/c1-2-9-7-10(14)3-4-11(9)16-6-5-12(17)15-8-13(16)18/h3-4,7H,2,5-6,8H2,1H3,(H,15,17). The van der Waals surface area contributed by atoms with E-state index < -0.39 is 0 Å². The number of nitrogens with one attached hydrogen (secondary N) is 1. The molecule has 0 spiro atoms. The van der Waals surface area contributed by atoms with Gasteiger partial charge in [0.25, 0.3) is 0 Å². The number of nitrogens with zero attached hydrogens (tertiary/aromatic N) is 1. The van der Waals surface area contributed by atoms with Gasteiger partial charge in [-0.3, -0.25) is 9.59 Å². The fourth-order valence-corrected chi connectivity index (χ4v) is 2.46. The summed E-state index contributed by atoms with van der Waals surface area (Å²) >= 11 is 3.43. The summed E-state index contributed by atoms with van der Waals surface area (Å²) in [6, 6.07) is 5.86. The highest BCUT2D eigenvalue weighted by atomic mass is 79.9. The lowest BCUT2D eigenvalue weighted by molar-refractivity contribution is -0.123. The zero-order valence-corrected chi connectivity index (χ0v) is 11.8. The maximum absolute atomic E-state index is 12.0. The van der Waals surface area contributed by atoms with E-state index in [9.17, 15) is 9.59 Å². The molecule has 0 aliphatic carbocycles. The van der Waals surface area contributed by atoms with E-state index in [2.05, 4.69) is 28.2 Å². The molecule has 1 aliphatic heterocycles. The molecule has 0 aromatic heterocycles. The van der Waals surface area contributed by atoms with E-state index in [0.29, 0.717) is 13.0 Å². The normalized spacial score (nSPS) is 16.4. The van der Waals surface area contributed by atoms with Crippen molar-refractivity contribution >= 4 is 33.4 Å². The molecule has 0 atom stereocenters. The number of rotatable bonds is 2. The Morgan fingerprint density at radius 3 is 2.89 bits per heavy atom. The summed E-state index contributed by atoms with van der Waals surface area (Å²) in [5.41, 5.74) is 2.01. The number of anilines is 1. The predicted octanol–water partition coefficient (Wildman–Crippen LogP) is 1.86. The summed E-state index contributed by atoms with van der Waals surface area (Å²) < 4.78 is 1.000. The maximum Gasteiger partial charge on any atom is 0.246 e. The molecule has 5 heteroatoms. The van der Waals surface area contributed by atoms with Crippen molar-refractivity contribution < 1.29 is 9.59 Å². The summed E-state index contributed by atoms with van der Waals surface area (Å²) in [6.45, 7) is 2.58. The quantitative estimate of drug-likeness (QED) is 0.906. The zero-order valence-electron chi connectivity index (χ0n) is 10.2. The molecular formula is C13H15BrN2O2. The van der Waals surface area contributed by atoms with Gasteiger partial charge >= 0.3 is 0 Å². The molecule has 18 heavy (non-hydrogen) atoms. The number of amides is 2. The third-order valence-corrected chi connectivity index (χ3v) is 3.51. The van der Waals surface area contributed by atoms with Gasteiger partial charge in [-0.2, -0.15) is 0 Å². The smallest absolute Gasteiger partial charge is 0.246 e. The minimum atomic E-state index is -0.0685. The largest absolute Gasteiger partial charge is 0.347 e. The van der Waals surface area contributed by atoms with Gasteiger partial charge in [-0.1, -0.05) is 22.9 Å². The van der Waals surface area contributed by atoms with Crippen molar-refractivity contribution in [2.75, 3.05) is 18.0 Å². The van der Waals surface area contributed by atoms with Crippen LogP contribution in [0.1, 0.15) is 18.9 Å². The Bertz CT molecular complexity index is 488. The molecule has 1 N–H and O–H groups in total. The van der Waals surface area contributed by atoms with Gasteiger partial charge in [0.15, 0.2) is 0 Å². The molecule has 1 saturated heterocycles. The van der Waals surface area contributed by atoms with Crippen molar-refractivity contribution in [3.8, 4) is 0 Å². The summed E-state index contributed by atoms with van der Waals surface area (Å²) in [7, 11) is 0. The summed E-state index contributed by atoms with van der Waals surface area (Å²) in [5, 5.41) is 2.60. The van der Waals surface area contributed by atoms with Gasteiger partial charge in [0.1, 0.15) is 0 Å². The third-order valence-electron chi connectivity index (χ3n) is 3.01. The molecule has 1 aliphatic rings. The van der Waals surface area contributed by atoms with Crippen LogP contribution in [0.4, 0.5) is 5.69 Å². The Morgan fingerprint density at radius 1 is 1.39 bits per heavy atom. The first kappa shape index (κ1) is 13.1. The van der Waals surface area contributed by atoms with Crippen LogP contribution in [0.5, 0.6) is 0 Å². The fraction of sp³-hybridized carbons (Fsp3) is 0.385. The molecular weight excluding hydrogens is 296 g/mol. The molecule has 0 unspecified atom stereocenters. The topological polar surface area (TPSA) is 49.4 Å². The lowest BCUT2D eigenvalue weighted by Gasteiger charge is -2.22. The van der Waals surface area contributed by atoms with Gasteiger partial charge in [-0.25, -0.2) is 0 Å². The van der Waals surface area contributed by atoms with E-state index >= 15 is 0 Å². The van der Waals surface area contributed by atoms with E-state index in [1.165, 1.54) is 0 Å². The molecule has 0 bridgehead atoms. The summed E-state index contributed by atoms with van der Waals surface area (Å²) in [6.07, 6.45) is 1.20. The Balaban J connectivity index is 2.34. The van der Waals surface area contributed by atoms with Gasteiger partial charge in [0.2, 0.25) is 11.8 Å². The van der Waals surface area contributed by atoms with Crippen LogP contribution in [0.2, 0.25) is 0 Å². The first-order valence-corrected chi connectivity index (χ1v) is 6.76. The average Bonchev–Trinajstić information content (AvgIpc) is 2.52. The predicted molar refractivity (Wildman–Crippen MR) is 73.5 cm³/mol. The van der Waals surface area contributed by atoms with Crippen LogP contribution in [0.25, 0.3) is 0 Å². The Labute approximate surface area is 114 Å². The minimum absolute atomic E-state index is 0.0575. The van der Waals surface area contributed by atoms with Gasteiger partial charge in [0.05, 0.1) is 6.54 Å². The molecule has 96 valence electrons. The lowest BCUT2D eigenvalue weighted by Crippen LogP contribution is -2.35. The number of aryl methyl sites for hydroxylation is 1. The maximum atomic E-state index is 12.0. The molecule has 2 amide bonds. The first-order valence-electron chi connectivity index (χ1n) is 5.97. The van der Waals surface area contributed by atoms with Crippen molar-refractivity contribution in [1.29, 1.82) is 0 Å². The molecule has 4 nitrogen and oxygen atoms in total. The number of halogens is 1. The van der Waals surface area contributed by atoms with E-state index in [0.717, 1.165) is 22.1 Å². The summed E-state index contributed by atoms with van der Waals surface area (Å²) in [5.74, 6) is -0.126. The fourth-order valence-electron chi connectivity index (χ4n) is 2.05. The molecule has 0 saturated carbocycles. The molecule has 1 aromatic carbocycles. The van der Waals surface area contributed by atoms with Crippen LogP contribution >= 0.6 is 15.9 Å². The molecule has 1 heterocycles. The monoisotopic (exact) mass is 310 g/mol. The average molecular weight is 311 g/mol. The van der Waals surface area contributed by atoms with Crippen LogP contribution in [-0.2, 0) is 16.0 Å². The Hall–Kier alpha value is -1.36. The molecule has 1 fully saturated rings. The van der Waals surface area contributed by atoms with Crippen molar-refractivity contribution in [3.05, 3.63) is 28.2 Å². The first-order chi connectivity index (χ1) is 8.61. The van der Waals surface area contributed by atoms with E-state index in [-0.39, 0.29) is 18.4 Å². The van der Waals surface area contributed by atoms with Crippen molar-refractivity contribution in [2.45, 2.75) is 19.8 Å². The van der Waals surface area contributed by atoms with Crippen LogP contribution < -0.4 is 10.2 Å². The Morgan fingerprint density at radius 2 is 2.17 bits per heavy atom. The van der Waals surface area contributed by atoms with Crippen LogP contribution in [0, 0.1) is 0 Å². The zero-order chi connectivity index (χ0) is 13.1. The van der Waals surface area contributed by atoms with Crippen molar-refractivity contribution in [2.24, 2.45) is 0 Å². The van der Waals surface area contributed by atoms with Crippen LogP contribution in [0.15, 0.2) is 22.7 Å². The number of benzene rings is 1. The number of hydrogen-bond donors (Lipinski definition) is 1. The Kier molecular flexibility index (Phi) is 4.01. The van der Waals surface area contributed by atoms with Gasteiger partial charge in [0, 0.05) is 23.1 Å². The summed E-state index contributed by atoms with van der Waals surface area (Å²) in [4.78, 5) is 25.0. The second-order valence-corrected chi connectivity index (χ2v) is 5.11. The van der Waals surface area contributed by atoms with E-state index in [4.69, 9.17) is 0 Å². The highest BCUT2D eigenvalue weighted by molar-refractivity contribution is 9.10. The molecule has 0 radical (unpaired) electrons. The van der Waals surface area contributed by atoms with E-state index in [1.807, 2.05) is 18.2 Å².